The van der Waals surface area contributed by atoms with Crippen LogP contribution in [0.4, 0.5) is 5.69 Å². The van der Waals surface area contributed by atoms with Gasteiger partial charge in [-0.05, 0) is 62.6 Å². The van der Waals surface area contributed by atoms with Gasteiger partial charge in [-0.25, -0.2) is 8.42 Å². The fourth-order valence-corrected chi connectivity index (χ4v) is 5.82. The molecule has 3 aromatic carbocycles. The van der Waals surface area contributed by atoms with Crippen LogP contribution in [-0.4, -0.2) is 50.0 Å². The number of carbonyl (C=O) groups excluding carboxylic acids is 2. The van der Waals surface area contributed by atoms with Gasteiger partial charge in [0.05, 0.1) is 11.9 Å². The number of rotatable bonds is 11. The first-order valence-corrected chi connectivity index (χ1v) is 15.5. The van der Waals surface area contributed by atoms with E-state index in [9.17, 15) is 18.0 Å². The van der Waals surface area contributed by atoms with Crippen LogP contribution in [0.3, 0.4) is 0 Å². The van der Waals surface area contributed by atoms with Crippen molar-refractivity contribution in [3.05, 3.63) is 99.0 Å². The van der Waals surface area contributed by atoms with E-state index in [0.717, 1.165) is 21.7 Å². The summed E-state index contributed by atoms with van der Waals surface area (Å²) >= 11 is 12.6. The molecule has 0 aliphatic rings. The van der Waals surface area contributed by atoms with E-state index in [2.05, 4.69) is 5.32 Å². The van der Waals surface area contributed by atoms with E-state index >= 15 is 0 Å². The molecule has 0 radical (unpaired) electrons. The van der Waals surface area contributed by atoms with E-state index in [-0.39, 0.29) is 24.9 Å². The molecule has 0 saturated heterocycles. The third-order valence-electron chi connectivity index (χ3n) is 6.36. The van der Waals surface area contributed by atoms with Crippen molar-refractivity contribution in [1.82, 2.24) is 10.2 Å². The second-order valence-corrected chi connectivity index (χ2v) is 12.9. The SMILES string of the molecule is Cc1ccc(N(CC(=O)N(Cc2ccc(Cl)cc2Cl)[C@H](Cc2ccccc2)C(=O)NC(C)C)S(C)(=O)=O)c(C)c1. The monoisotopic (exact) mass is 603 g/mol. The van der Waals surface area contributed by atoms with Crippen LogP contribution in [0.2, 0.25) is 10.0 Å². The molecule has 0 aliphatic carbocycles. The Morgan fingerprint density at radius 1 is 0.950 bits per heavy atom. The molecule has 0 saturated carbocycles. The summed E-state index contributed by atoms with van der Waals surface area (Å²) in [5, 5.41) is 3.69. The molecule has 3 aromatic rings. The lowest BCUT2D eigenvalue weighted by atomic mass is 10.0. The van der Waals surface area contributed by atoms with Gasteiger partial charge in [0.25, 0.3) is 0 Å². The molecule has 0 aliphatic heterocycles. The zero-order valence-corrected chi connectivity index (χ0v) is 25.6. The number of aryl methyl sites for hydroxylation is 2. The van der Waals surface area contributed by atoms with Gasteiger partial charge in [0, 0.05) is 29.1 Å². The van der Waals surface area contributed by atoms with Gasteiger partial charge >= 0.3 is 0 Å². The van der Waals surface area contributed by atoms with Gasteiger partial charge in [0.2, 0.25) is 21.8 Å². The molecule has 1 N–H and O–H groups in total. The number of sulfonamides is 1. The van der Waals surface area contributed by atoms with Crippen molar-refractivity contribution < 1.29 is 18.0 Å². The zero-order chi connectivity index (χ0) is 29.6. The van der Waals surface area contributed by atoms with Gasteiger partial charge in [-0.3, -0.25) is 13.9 Å². The minimum Gasteiger partial charge on any atom is -0.352 e. The van der Waals surface area contributed by atoms with Gasteiger partial charge in [-0.15, -0.1) is 0 Å². The first kappa shape index (κ1) is 31.5. The van der Waals surface area contributed by atoms with Crippen LogP contribution in [0.15, 0.2) is 66.7 Å². The molecule has 1 atom stereocenters. The first-order chi connectivity index (χ1) is 18.8. The largest absolute Gasteiger partial charge is 0.352 e. The van der Waals surface area contributed by atoms with Gasteiger partial charge in [-0.2, -0.15) is 0 Å². The number of anilines is 1. The fraction of sp³-hybridized carbons (Fsp3) is 0.333. The molecule has 3 rings (SSSR count). The van der Waals surface area contributed by atoms with Crippen LogP contribution in [0.25, 0.3) is 0 Å². The Kier molecular flexibility index (Phi) is 10.6. The molecule has 2 amide bonds. The Balaban J connectivity index is 2.10. The summed E-state index contributed by atoms with van der Waals surface area (Å²) in [4.78, 5) is 29.1. The van der Waals surface area contributed by atoms with Crippen LogP contribution in [0.1, 0.15) is 36.1 Å². The quantitative estimate of drug-likeness (QED) is 0.312. The summed E-state index contributed by atoms with van der Waals surface area (Å²) in [6.45, 7) is 6.86. The van der Waals surface area contributed by atoms with E-state index in [1.54, 1.807) is 37.3 Å². The maximum absolute atomic E-state index is 14.1. The highest BCUT2D eigenvalue weighted by molar-refractivity contribution is 7.92. The van der Waals surface area contributed by atoms with Crippen molar-refractivity contribution in [3.63, 3.8) is 0 Å². The van der Waals surface area contributed by atoms with Crippen molar-refractivity contribution in [2.45, 2.75) is 52.7 Å². The maximum atomic E-state index is 14.1. The molecular formula is C30H35Cl2N3O4S. The highest BCUT2D eigenvalue weighted by Gasteiger charge is 2.34. The van der Waals surface area contributed by atoms with Crippen LogP contribution in [0, 0.1) is 13.8 Å². The van der Waals surface area contributed by atoms with Crippen LogP contribution in [0.5, 0.6) is 0 Å². The Bertz CT molecular complexity index is 1460. The average molecular weight is 605 g/mol. The first-order valence-electron chi connectivity index (χ1n) is 12.9. The number of hydrogen-bond acceptors (Lipinski definition) is 4. The van der Waals surface area contributed by atoms with E-state index in [1.807, 2.05) is 57.2 Å². The van der Waals surface area contributed by atoms with Crippen molar-refractivity contribution in [2.75, 3.05) is 17.1 Å². The zero-order valence-electron chi connectivity index (χ0n) is 23.3. The Labute approximate surface area is 247 Å². The maximum Gasteiger partial charge on any atom is 0.244 e. The van der Waals surface area contributed by atoms with Crippen molar-refractivity contribution in [2.24, 2.45) is 0 Å². The lowest BCUT2D eigenvalue weighted by Crippen LogP contribution is -2.54. The summed E-state index contributed by atoms with van der Waals surface area (Å²) in [7, 11) is -3.85. The summed E-state index contributed by atoms with van der Waals surface area (Å²) in [6, 6.07) is 18.5. The number of nitrogens with zero attached hydrogens (tertiary/aromatic N) is 2. The summed E-state index contributed by atoms with van der Waals surface area (Å²) in [5.41, 5.74) is 3.50. The Hall–Kier alpha value is -3.07. The molecule has 10 heteroatoms. The summed E-state index contributed by atoms with van der Waals surface area (Å²) in [5.74, 6) is -0.897. The second-order valence-electron chi connectivity index (χ2n) is 10.2. The third kappa shape index (κ3) is 8.46. The Morgan fingerprint density at radius 2 is 1.62 bits per heavy atom. The summed E-state index contributed by atoms with van der Waals surface area (Å²) < 4.78 is 27.0. The number of nitrogens with one attached hydrogen (secondary N) is 1. The molecule has 214 valence electrons. The smallest absolute Gasteiger partial charge is 0.244 e. The van der Waals surface area contributed by atoms with E-state index in [4.69, 9.17) is 23.2 Å². The van der Waals surface area contributed by atoms with E-state index in [0.29, 0.717) is 26.9 Å². The van der Waals surface area contributed by atoms with E-state index < -0.39 is 28.5 Å². The van der Waals surface area contributed by atoms with Crippen LogP contribution >= 0.6 is 23.2 Å². The molecule has 7 nitrogen and oxygen atoms in total. The highest BCUT2D eigenvalue weighted by atomic mass is 35.5. The van der Waals surface area contributed by atoms with Crippen molar-refractivity contribution in [3.8, 4) is 0 Å². The predicted molar refractivity (Wildman–Crippen MR) is 162 cm³/mol. The van der Waals surface area contributed by atoms with E-state index in [1.165, 1.54) is 4.90 Å². The van der Waals surface area contributed by atoms with Crippen LogP contribution < -0.4 is 9.62 Å². The van der Waals surface area contributed by atoms with Gasteiger partial charge in [-0.1, -0.05) is 77.3 Å². The van der Waals surface area contributed by atoms with Crippen LogP contribution in [-0.2, 0) is 32.6 Å². The van der Waals surface area contributed by atoms with Crippen molar-refractivity contribution in [1.29, 1.82) is 0 Å². The molecule has 0 fully saturated rings. The molecule has 40 heavy (non-hydrogen) atoms. The minimum absolute atomic E-state index is 0.0255. The number of carbonyl (C=O) groups is 2. The second kappa shape index (κ2) is 13.5. The lowest BCUT2D eigenvalue weighted by Gasteiger charge is -2.34. The normalized spacial score (nSPS) is 12.2. The lowest BCUT2D eigenvalue weighted by molar-refractivity contribution is -0.140. The highest BCUT2D eigenvalue weighted by Crippen LogP contribution is 2.27. The molecule has 0 bridgehead atoms. The third-order valence-corrected chi connectivity index (χ3v) is 8.07. The van der Waals surface area contributed by atoms with Gasteiger partial charge < -0.3 is 10.2 Å². The molecule has 0 heterocycles. The number of hydrogen-bond donors (Lipinski definition) is 1. The van der Waals surface area contributed by atoms with Crippen molar-refractivity contribution >= 4 is 50.7 Å². The summed E-state index contributed by atoms with van der Waals surface area (Å²) in [6.07, 6.45) is 1.28. The number of halogens is 2. The number of benzene rings is 3. The average Bonchev–Trinajstić information content (AvgIpc) is 2.85. The molecule has 0 spiro atoms. The minimum atomic E-state index is -3.85. The molecule has 0 aromatic heterocycles. The Morgan fingerprint density at radius 3 is 2.20 bits per heavy atom. The van der Waals surface area contributed by atoms with Gasteiger partial charge in [0.15, 0.2) is 0 Å². The fourth-order valence-electron chi connectivity index (χ4n) is 4.45. The van der Waals surface area contributed by atoms with Gasteiger partial charge in [0.1, 0.15) is 12.6 Å². The molecule has 0 unspecified atom stereocenters. The predicted octanol–water partition coefficient (Wildman–Crippen LogP) is 5.54. The topological polar surface area (TPSA) is 86.8 Å². The number of amides is 2. The standard InChI is InChI=1S/C30H35Cl2N3O4S/c1-20(2)33-30(37)28(16-23-9-7-6-8-10-23)34(18-24-12-13-25(31)17-26(24)32)29(36)19-35(40(5,38)39)27-14-11-21(3)15-22(27)4/h6-15,17,20,28H,16,18-19H2,1-5H3,(H,33,37)/t28-/m1/s1. The molecular weight excluding hydrogens is 569 g/mol.